The Bertz CT molecular complexity index is 934. The van der Waals surface area contributed by atoms with Gasteiger partial charge in [-0.1, -0.05) is 107 Å². The number of phosphoric acid groups is 1. The van der Waals surface area contributed by atoms with E-state index >= 15 is 0 Å². The van der Waals surface area contributed by atoms with Crippen LogP contribution in [0.25, 0.3) is 0 Å². The maximum Gasteiger partial charge on any atom is 0.472 e. The average Bonchev–Trinajstić information content (AvgIpc) is 3.07. The fraction of sp³-hybridized carbons (Fsp3) is 0.737. The quantitative estimate of drug-likeness (QED) is 0.0291. The van der Waals surface area contributed by atoms with Gasteiger partial charge in [0.1, 0.15) is 6.61 Å². The van der Waals surface area contributed by atoms with Crippen LogP contribution in [-0.2, 0) is 32.7 Å². The van der Waals surface area contributed by atoms with E-state index in [1.807, 2.05) is 0 Å². The van der Waals surface area contributed by atoms with Crippen LogP contribution >= 0.6 is 7.82 Å². The van der Waals surface area contributed by atoms with Crippen LogP contribution < -0.4 is 5.73 Å². The monoisotopic (exact) mass is 697 g/mol. The van der Waals surface area contributed by atoms with E-state index in [1.165, 1.54) is 38.5 Å². The summed E-state index contributed by atoms with van der Waals surface area (Å²) in [6, 6.07) is 0. The summed E-state index contributed by atoms with van der Waals surface area (Å²) in [5.41, 5.74) is 5.32. The summed E-state index contributed by atoms with van der Waals surface area (Å²) in [5.74, 6) is -0.890. The molecule has 10 heteroatoms. The number of phosphoric ester groups is 1. The van der Waals surface area contributed by atoms with Crippen molar-refractivity contribution in [3.8, 4) is 0 Å². The number of ether oxygens (including phenoxy) is 2. The molecule has 0 heterocycles. The first-order valence-corrected chi connectivity index (χ1v) is 20.1. The number of carbonyl (C=O) groups is 2. The highest BCUT2D eigenvalue weighted by atomic mass is 31.2. The van der Waals surface area contributed by atoms with Crippen molar-refractivity contribution in [1.82, 2.24) is 0 Å². The van der Waals surface area contributed by atoms with Crippen LogP contribution in [0.1, 0.15) is 149 Å². The fourth-order valence-corrected chi connectivity index (χ4v) is 5.40. The number of nitrogens with two attached hydrogens (primary N) is 1. The zero-order chi connectivity index (χ0) is 35.4. The van der Waals surface area contributed by atoms with Gasteiger partial charge in [-0.25, -0.2) is 4.57 Å². The number of carbonyl (C=O) groups excluding carboxylic acids is 2. The van der Waals surface area contributed by atoms with Gasteiger partial charge in [0, 0.05) is 19.4 Å². The van der Waals surface area contributed by atoms with Crippen molar-refractivity contribution >= 4 is 19.8 Å². The summed E-state index contributed by atoms with van der Waals surface area (Å²) in [5, 5.41) is 0. The van der Waals surface area contributed by atoms with E-state index in [4.69, 9.17) is 24.3 Å². The first-order chi connectivity index (χ1) is 23.3. The van der Waals surface area contributed by atoms with E-state index in [-0.39, 0.29) is 32.6 Å². The topological polar surface area (TPSA) is 134 Å². The maximum absolute atomic E-state index is 12.5. The maximum atomic E-state index is 12.5. The molecule has 0 saturated heterocycles. The van der Waals surface area contributed by atoms with Gasteiger partial charge >= 0.3 is 19.8 Å². The van der Waals surface area contributed by atoms with Crippen LogP contribution in [-0.4, -0.2) is 49.3 Å². The van der Waals surface area contributed by atoms with Gasteiger partial charge in [0.2, 0.25) is 0 Å². The molecule has 0 fully saturated rings. The summed E-state index contributed by atoms with van der Waals surface area (Å²) >= 11 is 0. The molecule has 278 valence electrons. The Morgan fingerprint density at radius 1 is 0.625 bits per heavy atom. The zero-order valence-corrected chi connectivity index (χ0v) is 31.1. The summed E-state index contributed by atoms with van der Waals surface area (Å²) in [4.78, 5) is 34.6. The van der Waals surface area contributed by atoms with Gasteiger partial charge in [-0.15, -0.1) is 0 Å². The Hall–Kier alpha value is -2.03. The molecule has 0 rings (SSSR count). The number of allylic oxidation sites excluding steroid dienone is 8. The van der Waals surface area contributed by atoms with Gasteiger partial charge in [0.05, 0.1) is 13.2 Å². The molecule has 0 aliphatic carbocycles. The molecule has 9 nitrogen and oxygen atoms in total. The molecule has 0 saturated carbocycles. The minimum atomic E-state index is -4.38. The van der Waals surface area contributed by atoms with Crippen molar-refractivity contribution in [2.45, 2.75) is 155 Å². The number of unbranched alkanes of at least 4 members (excludes halogenated alkanes) is 13. The summed E-state index contributed by atoms with van der Waals surface area (Å²) in [7, 11) is -4.38. The second-order valence-corrected chi connectivity index (χ2v) is 13.5. The third kappa shape index (κ3) is 33.9. The first kappa shape index (κ1) is 46.0. The van der Waals surface area contributed by atoms with Crippen molar-refractivity contribution in [2.75, 3.05) is 26.4 Å². The Morgan fingerprint density at radius 2 is 1.08 bits per heavy atom. The third-order valence-electron chi connectivity index (χ3n) is 7.44. The largest absolute Gasteiger partial charge is 0.472 e. The number of rotatable bonds is 34. The van der Waals surface area contributed by atoms with E-state index in [0.29, 0.717) is 12.8 Å². The molecule has 0 aromatic rings. The van der Waals surface area contributed by atoms with E-state index in [0.717, 1.165) is 70.6 Å². The molecule has 0 radical (unpaired) electrons. The van der Waals surface area contributed by atoms with Crippen LogP contribution in [0.4, 0.5) is 0 Å². The average molecular weight is 698 g/mol. The van der Waals surface area contributed by atoms with Gasteiger partial charge in [-0.2, -0.15) is 0 Å². The number of esters is 2. The fourth-order valence-electron chi connectivity index (χ4n) is 4.63. The zero-order valence-electron chi connectivity index (χ0n) is 30.2. The molecule has 0 amide bonds. The lowest BCUT2D eigenvalue weighted by molar-refractivity contribution is -0.161. The summed E-state index contributed by atoms with van der Waals surface area (Å²) < 4.78 is 32.6. The highest BCUT2D eigenvalue weighted by Crippen LogP contribution is 2.43. The van der Waals surface area contributed by atoms with Crippen LogP contribution in [0, 0.1) is 0 Å². The summed E-state index contributed by atoms with van der Waals surface area (Å²) in [6.45, 7) is 3.59. The van der Waals surface area contributed by atoms with Crippen molar-refractivity contribution in [2.24, 2.45) is 5.73 Å². The predicted octanol–water partition coefficient (Wildman–Crippen LogP) is 9.99. The van der Waals surface area contributed by atoms with E-state index in [9.17, 15) is 19.0 Å². The number of hydrogen-bond acceptors (Lipinski definition) is 8. The Morgan fingerprint density at radius 3 is 1.67 bits per heavy atom. The molecular formula is C38H68NO8P. The van der Waals surface area contributed by atoms with Gasteiger partial charge in [0.15, 0.2) is 6.10 Å². The van der Waals surface area contributed by atoms with Crippen molar-refractivity contribution in [3.63, 3.8) is 0 Å². The molecule has 48 heavy (non-hydrogen) atoms. The van der Waals surface area contributed by atoms with Gasteiger partial charge in [-0.3, -0.25) is 18.6 Å². The molecule has 2 atom stereocenters. The van der Waals surface area contributed by atoms with E-state index < -0.39 is 32.5 Å². The van der Waals surface area contributed by atoms with E-state index in [2.05, 4.69) is 62.5 Å². The Labute approximate surface area is 292 Å². The van der Waals surface area contributed by atoms with Crippen LogP contribution in [0.5, 0.6) is 0 Å². The standard InChI is InChI=1S/C38H68NO8P/c1-3-5-7-9-11-13-15-17-18-19-21-23-25-27-29-31-38(41)47-36(35-46-48(42,43)45-33-32-39)34-44-37(40)30-28-26-24-22-20-16-14-12-10-8-6-4-2/h11-14,17-18,21,23,36H,3-10,15-16,19-20,22,24-35,39H2,1-2H3,(H,42,43)/b13-11-,14-12-,18-17-,23-21-/t36-/m1/s1. The lowest BCUT2D eigenvalue weighted by atomic mass is 10.1. The molecule has 0 aromatic carbocycles. The molecule has 1 unspecified atom stereocenters. The third-order valence-corrected chi connectivity index (χ3v) is 8.42. The highest BCUT2D eigenvalue weighted by Gasteiger charge is 2.25. The van der Waals surface area contributed by atoms with Crippen LogP contribution in [0.3, 0.4) is 0 Å². The molecule has 0 aromatic heterocycles. The Kier molecular flexibility index (Phi) is 33.3. The van der Waals surface area contributed by atoms with Crippen molar-refractivity contribution in [3.05, 3.63) is 48.6 Å². The second kappa shape index (κ2) is 34.8. The second-order valence-electron chi connectivity index (χ2n) is 12.1. The molecule has 0 bridgehead atoms. The van der Waals surface area contributed by atoms with Gasteiger partial charge < -0.3 is 20.1 Å². The van der Waals surface area contributed by atoms with E-state index in [1.54, 1.807) is 0 Å². The smallest absolute Gasteiger partial charge is 0.462 e. The Balaban J connectivity index is 4.34. The molecule has 0 aliphatic heterocycles. The predicted molar refractivity (Wildman–Crippen MR) is 196 cm³/mol. The molecule has 0 spiro atoms. The minimum Gasteiger partial charge on any atom is -0.462 e. The van der Waals surface area contributed by atoms with Crippen molar-refractivity contribution < 1.29 is 37.6 Å². The minimum absolute atomic E-state index is 0.0445. The normalized spacial score (nSPS) is 14.0. The van der Waals surface area contributed by atoms with Crippen LogP contribution in [0.2, 0.25) is 0 Å². The SMILES string of the molecule is CCCCC/C=C\C/C=C\C/C=C\CCCCC(=O)O[C@H](COC(=O)CCCCCCC/C=C\CCCCC)COP(=O)(O)OCCN. The number of hydrogen-bond donors (Lipinski definition) is 2. The molecule has 0 aliphatic rings. The van der Waals surface area contributed by atoms with Crippen molar-refractivity contribution in [1.29, 1.82) is 0 Å². The first-order valence-electron chi connectivity index (χ1n) is 18.6. The molecular weight excluding hydrogens is 629 g/mol. The lowest BCUT2D eigenvalue weighted by Gasteiger charge is -2.19. The highest BCUT2D eigenvalue weighted by molar-refractivity contribution is 7.47. The van der Waals surface area contributed by atoms with Crippen LogP contribution in [0.15, 0.2) is 48.6 Å². The molecule has 3 N–H and O–H groups in total. The van der Waals surface area contributed by atoms with Gasteiger partial charge in [0.25, 0.3) is 0 Å². The lowest BCUT2D eigenvalue weighted by Crippen LogP contribution is -2.29. The summed E-state index contributed by atoms with van der Waals surface area (Å²) in [6.07, 6.45) is 37.1. The van der Waals surface area contributed by atoms with Gasteiger partial charge in [-0.05, 0) is 77.0 Å².